The molecule has 3 rings (SSSR count). The van der Waals surface area contributed by atoms with Crippen molar-refractivity contribution in [2.45, 2.75) is 13.0 Å². The maximum Gasteiger partial charge on any atom is 0.326 e. The Bertz CT molecular complexity index is 935. The number of para-hydroxylation sites is 2. The summed E-state index contributed by atoms with van der Waals surface area (Å²) in [4.78, 5) is 20.2. The maximum atomic E-state index is 11.1. The Kier molecular flexibility index (Phi) is 3.63. The first-order valence-electron chi connectivity index (χ1n) is 6.38. The van der Waals surface area contributed by atoms with Gasteiger partial charge in [-0.05, 0) is 31.3 Å². The zero-order chi connectivity index (χ0) is 15.9. The second-order valence-electron chi connectivity index (χ2n) is 4.65. The summed E-state index contributed by atoms with van der Waals surface area (Å²) >= 11 is 6.25. The molecule has 112 valence electrons. The van der Waals surface area contributed by atoms with Gasteiger partial charge in [-0.1, -0.05) is 12.1 Å². The lowest BCUT2D eigenvalue weighted by atomic mass is 10.3. The first-order chi connectivity index (χ1) is 10.5. The quantitative estimate of drug-likeness (QED) is 0.840. The van der Waals surface area contributed by atoms with Crippen LogP contribution in [0, 0.1) is 3.95 Å². The van der Waals surface area contributed by atoms with E-state index >= 15 is 0 Å². The van der Waals surface area contributed by atoms with Crippen LogP contribution >= 0.6 is 23.6 Å². The highest BCUT2D eigenvalue weighted by molar-refractivity contribution is 7.73. The predicted octanol–water partition coefficient (Wildman–Crippen LogP) is 1.88. The molecule has 0 fully saturated rings. The third-order valence-corrected chi connectivity index (χ3v) is 4.54. The first kappa shape index (κ1) is 14.6. The lowest BCUT2D eigenvalue weighted by molar-refractivity contribution is -0.140. The molecule has 1 aliphatic heterocycles. The van der Waals surface area contributed by atoms with Gasteiger partial charge in [-0.3, -0.25) is 4.57 Å². The van der Waals surface area contributed by atoms with Crippen LogP contribution in [-0.4, -0.2) is 20.7 Å². The fraction of sp³-hybridized carbons (Fsp3) is 0.143. The smallest absolute Gasteiger partial charge is 0.326 e. The Morgan fingerprint density at radius 3 is 2.50 bits per heavy atom. The van der Waals surface area contributed by atoms with Crippen molar-refractivity contribution in [1.82, 2.24) is 4.57 Å². The molecule has 6 nitrogen and oxygen atoms in total. The molecule has 1 aliphatic rings. The highest BCUT2D eigenvalue weighted by Gasteiger charge is 2.21. The molecule has 0 saturated heterocycles. The van der Waals surface area contributed by atoms with E-state index in [9.17, 15) is 9.90 Å². The normalized spacial score (nSPS) is 14.0. The van der Waals surface area contributed by atoms with Crippen LogP contribution < -0.4 is 10.7 Å². The Morgan fingerprint density at radius 2 is 1.95 bits per heavy atom. The minimum absolute atomic E-state index is 0.182. The molecular formula is C14H11N3O3S2. The van der Waals surface area contributed by atoms with E-state index in [2.05, 4.69) is 9.98 Å². The number of fused-ring (bicyclic) bond motifs is 1. The van der Waals surface area contributed by atoms with Gasteiger partial charge in [-0.25, -0.2) is 14.8 Å². The molecule has 0 saturated carbocycles. The van der Waals surface area contributed by atoms with Crippen molar-refractivity contribution in [3.63, 3.8) is 0 Å². The van der Waals surface area contributed by atoms with Gasteiger partial charge in [0.25, 0.3) is 0 Å². The van der Waals surface area contributed by atoms with Gasteiger partial charge in [0, 0.05) is 6.08 Å². The molecule has 0 bridgehead atoms. The molecule has 8 heteroatoms. The number of aromatic hydroxyl groups is 1. The highest BCUT2D eigenvalue weighted by Crippen LogP contribution is 2.31. The van der Waals surface area contributed by atoms with E-state index in [-0.39, 0.29) is 9.83 Å². The van der Waals surface area contributed by atoms with E-state index in [1.165, 1.54) is 11.5 Å². The van der Waals surface area contributed by atoms with E-state index in [1.807, 2.05) is 24.3 Å². The van der Waals surface area contributed by atoms with Crippen LogP contribution in [0.3, 0.4) is 0 Å². The number of benzene rings is 1. The van der Waals surface area contributed by atoms with Gasteiger partial charge < -0.3 is 10.2 Å². The monoisotopic (exact) mass is 333 g/mol. The minimum Gasteiger partial charge on any atom is -0.493 e. The van der Waals surface area contributed by atoms with E-state index < -0.39 is 12.0 Å². The number of carbonyl (C=O) groups is 1. The number of carboxylic acid groups (broad SMARTS) is 1. The number of hydrogen-bond donors (Lipinski definition) is 2. The van der Waals surface area contributed by atoms with Gasteiger partial charge >= 0.3 is 5.97 Å². The number of aromatic nitrogens is 1. The average Bonchev–Trinajstić information content (AvgIpc) is 2.99. The van der Waals surface area contributed by atoms with Gasteiger partial charge in [0.05, 0.1) is 15.6 Å². The summed E-state index contributed by atoms with van der Waals surface area (Å²) in [6, 6.07) is 6.49. The van der Waals surface area contributed by atoms with Crippen LogP contribution in [0.5, 0.6) is 5.88 Å². The van der Waals surface area contributed by atoms with E-state index in [0.29, 0.717) is 10.7 Å². The molecule has 22 heavy (non-hydrogen) atoms. The summed E-state index contributed by atoms with van der Waals surface area (Å²) in [5.41, 5.74) is 0. The Labute approximate surface area is 134 Å². The van der Waals surface area contributed by atoms with Crippen molar-refractivity contribution in [2.24, 2.45) is 9.98 Å². The fourth-order valence-corrected chi connectivity index (χ4v) is 3.45. The predicted molar refractivity (Wildman–Crippen MR) is 83.9 cm³/mol. The van der Waals surface area contributed by atoms with Crippen molar-refractivity contribution in [3.8, 4) is 5.88 Å². The number of thiazole rings is 1. The lowest BCUT2D eigenvalue weighted by Gasteiger charge is -2.08. The second-order valence-corrected chi connectivity index (χ2v) is 6.33. The van der Waals surface area contributed by atoms with E-state index in [4.69, 9.17) is 17.3 Å². The van der Waals surface area contributed by atoms with Crippen LogP contribution in [0.15, 0.2) is 40.1 Å². The Morgan fingerprint density at radius 1 is 1.36 bits per heavy atom. The Hall–Kier alpha value is -2.32. The van der Waals surface area contributed by atoms with Crippen molar-refractivity contribution >= 4 is 35.6 Å². The topological polar surface area (TPSA) is 87.2 Å². The van der Waals surface area contributed by atoms with Crippen LogP contribution in [0.25, 0.3) is 6.08 Å². The summed E-state index contributed by atoms with van der Waals surface area (Å²) in [7, 11) is 0. The van der Waals surface area contributed by atoms with Gasteiger partial charge in [0.2, 0.25) is 5.88 Å². The summed E-state index contributed by atoms with van der Waals surface area (Å²) in [5.74, 6) is -0.798. The van der Waals surface area contributed by atoms with Crippen LogP contribution in [0.2, 0.25) is 0 Å². The molecule has 0 amide bonds. The molecule has 2 heterocycles. The molecule has 1 atom stereocenters. The third kappa shape index (κ3) is 2.46. The molecular weight excluding hydrogens is 322 g/mol. The number of carboxylic acids is 1. The van der Waals surface area contributed by atoms with Crippen molar-refractivity contribution in [3.05, 3.63) is 49.6 Å². The number of rotatable bonds is 3. The van der Waals surface area contributed by atoms with E-state index in [1.54, 1.807) is 6.08 Å². The van der Waals surface area contributed by atoms with Crippen molar-refractivity contribution < 1.29 is 15.0 Å². The maximum absolute atomic E-state index is 11.1. The van der Waals surface area contributed by atoms with Crippen molar-refractivity contribution in [2.75, 3.05) is 0 Å². The molecule has 2 aromatic rings. The third-order valence-electron chi connectivity index (χ3n) is 3.20. The summed E-state index contributed by atoms with van der Waals surface area (Å²) < 4.78 is 1.49. The number of aliphatic carboxylic acids is 1. The first-order valence-corrected chi connectivity index (χ1v) is 7.61. The van der Waals surface area contributed by atoms with Crippen LogP contribution in [-0.2, 0) is 4.79 Å². The summed E-state index contributed by atoms with van der Waals surface area (Å²) in [6.45, 7) is 1.46. The number of hydrogen-bond acceptors (Lipinski definition) is 6. The SMILES string of the molecule is CC(C(=O)O)n1c(O)c(C=C2N=c3ccccc3=N2)sc1=S. The summed E-state index contributed by atoms with van der Waals surface area (Å²) in [5, 5.41) is 20.8. The fourth-order valence-electron chi connectivity index (χ4n) is 2.05. The molecule has 1 aromatic heterocycles. The average molecular weight is 333 g/mol. The minimum atomic E-state index is -1.06. The standard InChI is InChI=1S/C14H11N3O3S2/c1-7(13(19)20)17-12(18)10(22-14(17)21)6-11-15-8-4-2-3-5-9(8)16-11/h2-7,18H,1H3,(H,19,20). The summed E-state index contributed by atoms with van der Waals surface area (Å²) in [6.07, 6.45) is 1.60. The van der Waals surface area contributed by atoms with E-state index in [0.717, 1.165) is 22.1 Å². The van der Waals surface area contributed by atoms with Crippen molar-refractivity contribution in [1.29, 1.82) is 0 Å². The van der Waals surface area contributed by atoms with Gasteiger partial charge in [-0.2, -0.15) is 0 Å². The van der Waals surface area contributed by atoms with Gasteiger partial charge in [-0.15, -0.1) is 11.3 Å². The molecule has 0 spiro atoms. The zero-order valence-electron chi connectivity index (χ0n) is 11.4. The van der Waals surface area contributed by atoms with Gasteiger partial charge in [0.15, 0.2) is 9.78 Å². The molecule has 0 aliphatic carbocycles. The molecule has 1 unspecified atom stereocenters. The largest absolute Gasteiger partial charge is 0.493 e. The number of nitrogens with zero attached hydrogens (tertiary/aromatic N) is 3. The Balaban J connectivity index is 2.07. The molecule has 1 aromatic carbocycles. The highest BCUT2D eigenvalue weighted by atomic mass is 32.1. The lowest BCUT2D eigenvalue weighted by Crippen LogP contribution is -2.19. The zero-order valence-corrected chi connectivity index (χ0v) is 13.1. The molecule has 0 radical (unpaired) electrons. The molecule has 2 N–H and O–H groups in total. The second kappa shape index (κ2) is 5.47. The van der Waals surface area contributed by atoms with Crippen LogP contribution in [0.4, 0.5) is 0 Å². The van der Waals surface area contributed by atoms with Crippen LogP contribution in [0.1, 0.15) is 17.8 Å². The van der Waals surface area contributed by atoms with Gasteiger partial charge in [0.1, 0.15) is 6.04 Å².